The molecule has 0 spiro atoms. The van der Waals surface area contributed by atoms with Gasteiger partial charge in [0.05, 0.1) is 33.2 Å². The molecule has 0 atom stereocenters. The number of nitrogens with two attached hydrogens (primary N) is 1. The van der Waals surface area contributed by atoms with Gasteiger partial charge in [0, 0.05) is 0 Å². The Hall–Kier alpha value is -1.49. The predicted octanol–water partition coefficient (Wildman–Crippen LogP) is 3.88. The van der Waals surface area contributed by atoms with Crippen molar-refractivity contribution in [1.29, 1.82) is 0 Å². The molecule has 2 rings (SSSR count). The number of halogens is 3. The molecule has 0 fully saturated rings. The maximum atomic E-state index is 12.1. The summed E-state index contributed by atoms with van der Waals surface area (Å²) in [5, 5.41) is 3.26. The minimum atomic E-state index is -0.464. The van der Waals surface area contributed by atoms with Crippen molar-refractivity contribution in [3.63, 3.8) is 0 Å². The molecule has 0 aliphatic rings. The van der Waals surface area contributed by atoms with Crippen LogP contribution in [0.2, 0.25) is 15.2 Å². The van der Waals surface area contributed by atoms with Gasteiger partial charge in [0.25, 0.3) is 5.91 Å². The Morgan fingerprint density at radius 3 is 2.74 bits per heavy atom. The molecule has 98 valence electrons. The van der Waals surface area contributed by atoms with Crippen molar-refractivity contribution >= 4 is 52.1 Å². The lowest BCUT2D eigenvalue weighted by Crippen LogP contribution is -2.13. The number of carbonyl (C=O) groups excluding carboxylic acids is 1. The van der Waals surface area contributed by atoms with Gasteiger partial charge >= 0.3 is 0 Å². The Kier molecular flexibility index (Phi) is 4.14. The number of nitrogens with one attached hydrogen (secondary N) is 1. The topological polar surface area (TPSA) is 68.0 Å². The molecule has 1 amide bonds. The second kappa shape index (κ2) is 5.65. The summed E-state index contributed by atoms with van der Waals surface area (Å²) in [6, 6.07) is 6.35. The van der Waals surface area contributed by atoms with E-state index < -0.39 is 5.91 Å². The maximum Gasteiger partial charge on any atom is 0.258 e. The molecule has 0 saturated heterocycles. The summed E-state index contributed by atoms with van der Waals surface area (Å²) >= 11 is 17.7. The van der Waals surface area contributed by atoms with Crippen LogP contribution in [0.15, 0.2) is 30.5 Å². The van der Waals surface area contributed by atoms with Crippen molar-refractivity contribution in [3.8, 4) is 0 Å². The number of pyridine rings is 1. The summed E-state index contributed by atoms with van der Waals surface area (Å²) in [7, 11) is 0. The van der Waals surface area contributed by atoms with Crippen molar-refractivity contribution in [3.05, 3.63) is 51.2 Å². The smallest absolute Gasteiger partial charge is 0.258 e. The monoisotopic (exact) mass is 315 g/mol. The number of rotatable bonds is 2. The molecule has 0 saturated carbocycles. The minimum Gasteiger partial charge on any atom is -0.397 e. The second-order valence-electron chi connectivity index (χ2n) is 3.66. The molecule has 19 heavy (non-hydrogen) atoms. The average Bonchev–Trinajstić information content (AvgIpc) is 2.38. The highest BCUT2D eigenvalue weighted by Crippen LogP contribution is 2.30. The summed E-state index contributed by atoms with van der Waals surface area (Å²) in [4.78, 5) is 15.9. The number of carbonyl (C=O) groups is 1. The molecule has 1 aromatic carbocycles. The Morgan fingerprint density at radius 1 is 1.26 bits per heavy atom. The fourth-order valence-electron chi connectivity index (χ4n) is 1.41. The van der Waals surface area contributed by atoms with Crippen molar-refractivity contribution in [2.75, 3.05) is 11.1 Å². The van der Waals surface area contributed by atoms with Crippen LogP contribution in [0, 0.1) is 0 Å². The number of hydrogen-bond donors (Lipinski definition) is 2. The maximum absolute atomic E-state index is 12.1. The molecule has 1 aromatic heterocycles. The van der Waals surface area contributed by atoms with Crippen LogP contribution < -0.4 is 11.1 Å². The third-order valence-corrected chi connectivity index (χ3v) is 3.42. The van der Waals surface area contributed by atoms with Gasteiger partial charge in [0.1, 0.15) is 5.15 Å². The zero-order valence-electron chi connectivity index (χ0n) is 9.45. The van der Waals surface area contributed by atoms with Gasteiger partial charge in [-0.05, 0) is 18.2 Å². The number of nitrogen functional groups attached to an aromatic ring is 1. The third kappa shape index (κ3) is 3.10. The summed E-state index contributed by atoms with van der Waals surface area (Å²) < 4.78 is 0. The van der Waals surface area contributed by atoms with Gasteiger partial charge in [0.2, 0.25) is 0 Å². The predicted molar refractivity (Wildman–Crippen MR) is 78.1 cm³/mol. The first-order valence-electron chi connectivity index (χ1n) is 5.15. The summed E-state index contributed by atoms with van der Waals surface area (Å²) in [6.45, 7) is 0. The first-order chi connectivity index (χ1) is 8.99. The molecule has 4 nitrogen and oxygen atoms in total. The Bertz CT molecular complexity index is 646. The summed E-state index contributed by atoms with van der Waals surface area (Å²) in [5.74, 6) is -0.464. The van der Waals surface area contributed by atoms with Gasteiger partial charge in [-0.2, -0.15) is 0 Å². The molecule has 2 aromatic rings. The molecule has 0 aliphatic heterocycles. The number of aromatic nitrogens is 1. The molecule has 3 N–H and O–H groups in total. The largest absolute Gasteiger partial charge is 0.397 e. The number of amides is 1. The van der Waals surface area contributed by atoms with Crippen LogP contribution in [0.4, 0.5) is 11.4 Å². The van der Waals surface area contributed by atoms with Crippen molar-refractivity contribution in [1.82, 2.24) is 4.98 Å². The molecular formula is C12H8Cl3N3O. The quantitative estimate of drug-likeness (QED) is 0.826. The van der Waals surface area contributed by atoms with Gasteiger partial charge in [-0.1, -0.05) is 40.9 Å². The van der Waals surface area contributed by atoms with E-state index in [9.17, 15) is 4.79 Å². The van der Waals surface area contributed by atoms with Gasteiger partial charge in [-0.15, -0.1) is 0 Å². The van der Waals surface area contributed by atoms with Crippen LogP contribution in [0.3, 0.4) is 0 Å². The normalized spacial score (nSPS) is 10.3. The first kappa shape index (κ1) is 13.9. The number of hydrogen-bond acceptors (Lipinski definition) is 3. The van der Waals surface area contributed by atoms with Crippen LogP contribution in [0.25, 0.3) is 0 Å². The number of anilines is 2. The molecular weight excluding hydrogens is 309 g/mol. The van der Waals surface area contributed by atoms with Gasteiger partial charge in [0.15, 0.2) is 0 Å². The summed E-state index contributed by atoms with van der Waals surface area (Å²) in [6.07, 6.45) is 1.37. The first-order valence-corrected chi connectivity index (χ1v) is 6.29. The fraction of sp³-hybridized carbons (Fsp3) is 0. The standard InChI is InChI=1S/C12H8Cl3N3O/c13-8-2-1-3-9(10(8)14)18-12(19)7-4-6(16)5-17-11(7)15/h1-5H,16H2,(H,18,19). The molecule has 0 aliphatic carbocycles. The highest BCUT2D eigenvalue weighted by molar-refractivity contribution is 6.44. The highest BCUT2D eigenvalue weighted by Gasteiger charge is 2.14. The van der Waals surface area contributed by atoms with Crippen LogP contribution in [-0.4, -0.2) is 10.9 Å². The third-order valence-electron chi connectivity index (χ3n) is 2.30. The lowest BCUT2D eigenvalue weighted by molar-refractivity contribution is 0.102. The Morgan fingerprint density at radius 2 is 2.00 bits per heavy atom. The van der Waals surface area contributed by atoms with E-state index in [0.29, 0.717) is 16.4 Å². The van der Waals surface area contributed by atoms with Gasteiger partial charge in [-0.3, -0.25) is 4.79 Å². The number of nitrogens with zero attached hydrogens (tertiary/aromatic N) is 1. The van der Waals surface area contributed by atoms with E-state index in [4.69, 9.17) is 40.5 Å². The summed E-state index contributed by atoms with van der Waals surface area (Å²) in [5.41, 5.74) is 6.46. The van der Waals surface area contributed by atoms with Crippen LogP contribution in [0.5, 0.6) is 0 Å². The highest BCUT2D eigenvalue weighted by atomic mass is 35.5. The van der Waals surface area contributed by atoms with Crippen LogP contribution >= 0.6 is 34.8 Å². The number of benzene rings is 1. The van der Waals surface area contributed by atoms with E-state index in [1.54, 1.807) is 18.2 Å². The van der Waals surface area contributed by atoms with Crippen LogP contribution in [-0.2, 0) is 0 Å². The second-order valence-corrected chi connectivity index (χ2v) is 4.81. The van der Waals surface area contributed by atoms with E-state index in [-0.39, 0.29) is 15.7 Å². The van der Waals surface area contributed by atoms with Crippen molar-refractivity contribution in [2.45, 2.75) is 0 Å². The lowest BCUT2D eigenvalue weighted by atomic mass is 10.2. The van der Waals surface area contributed by atoms with Crippen molar-refractivity contribution < 1.29 is 4.79 Å². The van der Waals surface area contributed by atoms with Crippen molar-refractivity contribution in [2.24, 2.45) is 0 Å². The molecule has 7 heteroatoms. The average molecular weight is 317 g/mol. The molecule has 0 radical (unpaired) electrons. The van der Waals surface area contributed by atoms with E-state index in [1.807, 2.05) is 0 Å². The minimum absolute atomic E-state index is 0.0600. The Labute approximate surface area is 124 Å². The van der Waals surface area contributed by atoms with E-state index >= 15 is 0 Å². The zero-order chi connectivity index (χ0) is 14.0. The van der Waals surface area contributed by atoms with Gasteiger partial charge < -0.3 is 11.1 Å². The Balaban J connectivity index is 2.31. The SMILES string of the molecule is Nc1cnc(Cl)c(C(=O)Nc2cccc(Cl)c2Cl)c1. The molecule has 0 unspecified atom stereocenters. The van der Waals surface area contributed by atoms with Crippen LogP contribution in [0.1, 0.15) is 10.4 Å². The zero-order valence-corrected chi connectivity index (χ0v) is 11.7. The molecule has 0 bridgehead atoms. The van der Waals surface area contributed by atoms with Gasteiger partial charge in [-0.25, -0.2) is 4.98 Å². The van der Waals surface area contributed by atoms with E-state index in [1.165, 1.54) is 12.3 Å². The van der Waals surface area contributed by atoms with E-state index in [2.05, 4.69) is 10.3 Å². The molecule has 1 heterocycles. The lowest BCUT2D eigenvalue weighted by Gasteiger charge is -2.09. The fourth-order valence-corrected chi connectivity index (χ4v) is 1.95. The van der Waals surface area contributed by atoms with E-state index in [0.717, 1.165) is 0 Å².